The van der Waals surface area contributed by atoms with Crippen LogP contribution in [0.15, 0.2) is 36.7 Å². The lowest BCUT2D eigenvalue weighted by Crippen LogP contribution is -2.25. The molecule has 1 unspecified atom stereocenters. The molecule has 1 aliphatic carbocycles. The minimum Gasteiger partial charge on any atom is -0.358 e. The summed E-state index contributed by atoms with van der Waals surface area (Å²) < 4.78 is 49.8. The van der Waals surface area contributed by atoms with E-state index in [1.807, 2.05) is 30.8 Å². The molecular weight excluding hydrogens is 563 g/mol. The Morgan fingerprint density at radius 1 is 1.17 bits per heavy atom. The third-order valence-corrected chi connectivity index (χ3v) is 8.90. The Hall–Kier alpha value is -4.04. The average molecular weight is 597 g/mol. The average Bonchev–Trinajstić information content (AvgIpc) is 3.36. The van der Waals surface area contributed by atoms with Crippen molar-refractivity contribution in [3.63, 3.8) is 0 Å². The number of aryl methyl sites for hydroxylation is 2. The van der Waals surface area contributed by atoms with Gasteiger partial charge in [-0.1, -0.05) is 6.07 Å². The fourth-order valence-corrected chi connectivity index (χ4v) is 5.74. The fourth-order valence-electron chi connectivity index (χ4n) is 5.23. The Balaban J connectivity index is 1.46. The maximum Gasteiger partial charge on any atom is 0.232 e. The van der Waals surface area contributed by atoms with Gasteiger partial charge in [0.2, 0.25) is 15.9 Å². The number of carbonyl (C=O) groups is 1. The molecule has 0 radical (unpaired) electrons. The number of aromatic nitrogens is 5. The molecule has 1 saturated carbocycles. The summed E-state index contributed by atoms with van der Waals surface area (Å²) in [6.45, 7) is 2.49. The van der Waals surface area contributed by atoms with Crippen molar-refractivity contribution < 1.29 is 22.3 Å². The number of amides is 1. The molecule has 14 heteroatoms. The molecule has 4 heterocycles. The molecule has 1 aromatic carbocycles. The number of hydrogen-bond donors (Lipinski definition) is 2. The highest BCUT2D eigenvalue weighted by molar-refractivity contribution is 7.92. The van der Waals surface area contributed by atoms with Crippen LogP contribution in [0.25, 0.3) is 22.3 Å². The normalized spacial score (nSPS) is 20.5. The number of sulfonamides is 1. The summed E-state index contributed by atoms with van der Waals surface area (Å²) in [6.07, 6.45) is 6.22. The molecule has 4 aromatic rings. The number of imidazole rings is 1. The number of halogens is 1. The monoisotopic (exact) mass is 596 g/mol. The molecule has 3 aromatic heterocycles. The highest BCUT2D eigenvalue weighted by Crippen LogP contribution is 2.39. The van der Waals surface area contributed by atoms with E-state index in [9.17, 15) is 17.6 Å². The van der Waals surface area contributed by atoms with Gasteiger partial charge in [0.1, 0.15) is 29.6 Å². The van der Waals surface area contributed by atoms with Gasteiger partial charge in [-0.3, -0.25) is 18.3 Å². The molecule has 12 nitrogen and oxygen atoms in total. The molecule has 3 atom stereocenters. The molecule has 6 rings (SSSR count). The van der Waals surface area contributed by atoms with Crippen LogP contribution in [0.1, 0.15) is 37.7 Å². The molecule has 1 amide bonds. The predicted molar refractivity (Wildman–Crippen MR) is 158 cm³/mol. The zero-order chi connectivity index (χ0) is 29.8. The van der Waals surface area contributed by atoms with E-state index in [-0.39, 0.29) is 18.5 Å². The number of hydrogen-bond acceptors (Lipinski definition) is 8. The van der Waals surface area contributed by atoms with Gasteiger partial charge in [-0.25, -0.2) is 22.8 Å². The Kier molecular flexibility index (Phi) is 7.13. The molecule has 2 aliphatic rings. The summed E-state index contributed by atoms with van der Waals surface area (Å²) in [6, 6.07) is 7.06. The zero-order valence-electron chi connectivity index (χ0n) is 23.8. The summed E-state index contributed by atoms with van der Waals surface area (Å²) in [5, 5.41) is 10.3. The van der Waals surface area contributed by atoms with E-state index in [0.717, 1.165) is 36.6 Å². The second-order valence-corrected chi connectivity index (χ2v) is 12.9. The van der Waals surface area contributed by atoms with E-state index in [1.165, 1.54) is 11.4 Å². The van der Waals surface area contributed by atoms with Crippen molar-refractivity contribution in [1.29, 1.82) is 0 Å². The zero-order valence-corrected chi connectivity index (χ0v) is 24.7. The van der Waals surface area contributed by atoms with Crippen molar-refractivity contribution >= 4 is 50.0 Å². The number of fused-ring (bicyclic) bond motifs is 1. The first-order valence-corrected chi connectivity index (χ1v) is 15.6. The molecule has 0 bridgehead atoms. The van der Waals surface area contributed by atoms with E-state index < -0.39 is 28.0 Å². The smallest absolute Gasteiger partial charge is 0.232 e. The van der Waals surface area contributed by atoms with E-state index in [1.54, 1.807) is 29.1 Å². The minimum atomic E-state index is -3.62. The SMILES string of the molecule is Cc1nc2c(Nc3ccc(-c4cnn(C)c4)cc3N(C)S(C)(=O)=O)cc(NC(=O)[C@H]3C[C@@H]3F)nc2n1C1CCCCO1. The molecule has 42 heavy (non-hydrogen) atoms. The quantitative estimate of drug-likeness (QED) is 0.308. The lowest BCUT2D eigenvalue weighted by atomic mass is 10.1. The summed E-state index contributed by atoms with van der Waals surface area (Å²) >= 11 is 0. The number of nitrogens with zero attached hydrogens (tertiary/aromatic N) is 6. The summed E-state index contributed by atoms with van der Waals surface area (Å²) in [5.74, 6) is -0.212. The van der Waals surface area contributed by atoms with Crippen LogP contribution in [0.4, 0.5) is 27.3 Å². The van der Waals surface area contributed by atoms with E-state index >= 15 is 0 Å². The number of pyridine rings is 1. The van der Waals surface area contributed by atoms with Gasteiger partial charge in [-0.2, -0.15) is 5.10 Å². The van der Waals surface area contributed by atoms with Crippen molar-refractivity contribution in [2.75, 3.05) is 34.8 Å². The molecule has 1 aliphatic heterocycles. The molecule has 0 spiro atoms. The van der Waals surface area contributed by atoms with Crippen LogP contribution in [-0.4, -0.2) is 64.7 Å². The fraction of sp³-hybridized carbons (Fsp3) is 0.429. The van der Waals surface area contributed by atoms with Gasteiger partial charge in [0.15, 0.2) is 5.65 Å². The Labute approximate surface area is 242 Å². The van der Waals surface area contributed by atoms with Crippen LogP contribution in [0, 0.1) is 12.8 Å². The maximum atomic E-state index is 13.6. The Bertz CT molecular complexity index is 1780. The van der Waals surface area contributed by atoms with Crippen LogP contribution in [0.2, 0.25) is 0 Å². The van der Waals surface area contributed by atoms with Crippen molar-refractivity contribution in [2.45, 2.75) is 45.0 Å². The van der Waals surface area contributed by atoms with E-state index in [4.69, 9.17) is 14.7 Å². The number of rotatable bonds is 8. The molecular formula is C28H33FN8O4S. The van der Waals surface area contributed by atoms with E-state index in [2.05, 4.69) is 15.7 Å². The van der Waals surface area contributed by atoms with Crippen LogP contribution < -0.4 is 14.9 Å². The number of anilines is 4. The number of alkyl halides is 1. The van der Waals surface area contributed by atoms with Gasteiger partial charge in [0.25, 0.3) is 0 Å². The van der Waals surface area contributed by atoms with Crippen molar-refractivity contribution in [2.24, 2.45) is 13.0 Å². The number of benzene rings is 1. The van der Waals surface area contributed by atoms with Crippen LogP contribution in [0.5, 0.6) is 0 Å². The largest absolute Gasteiger partial charge is 0.358 e. The third kappa shape index (κ3) is 5.43. The first kappa shape index (κ1) is 28.1. The van der Waals surface area contributed by atoms with Gasteiger partial charge < -0.3 is 15.4 Å². The summed E-state index contributed by atoms with van der Waals surface area (Å²) in [7, 11) is -0.330. The van der Waals surface area contributed by atoms with Gasteiger partial charge in [0, 0.05) is 38.5 Å². The van der Waals surface area contributed by atoms with Crippen molar-refractivity contribution in [3.8, 4) is 11.1 Å². The van der Waals surface area contributed by atoms with Crippen LogP contribution in [0.3, 0.4) is 0 Å². The Morgan fingerprint density at radius 3 is 2.60 bits per heavy atom. The topological polar surface area (TPSA) is 136 Å². The van der Waals surface area contributed by atoms with Crippen molar-refractivity contribution in [3.05, 3.63) is 42.5 Å². The molecule has 1 saturated heterocycles. The molecule has 2 N–H and O–H groups in total. The highest BCUT2D eigenvalue weighted by atomic mass is 32.2. The van der Waals surface area contributed by atoms with Gasteiger partial charge >= 0.3 is 0 Å². The lowest BCUT2D eigenvalue weighted by Gasteiger charge is -2.25. The van der Waals surface area contributed by atoms with Crippen LogP contribution >= 0.6 is 0 Å². The maximum absolute atomic E-state index is 13.6. The summed E-state index contributed by atoms with van der Waals surface area (Å²) in [4.78, 5) is 22.2. The van der Waals surface area contributed by atoms with Crippen molar-refractivity contribution in [1.82, 2.24) is 24.3 Å². The van der Waals surface area contributed by atoms with E-state index in [0.29, 0.717) is 40.7 Å². The minimum absolute atomic E-state index is 0.191. The van der Waals surface area contributed by atoms with Gasteiger partial charge in [-0.15, -0.1) is 0 Å². The predicted octanol–water partition coefficient (Wildman–Crippen LogP) is 4.28. The number of ether oxygens (including phenoxy) is 1. The van der Waals surface area contributed by atoms with Crippen LogP contribution in [-0.2, 0) is 26.6 Å². The number of carbonyl (C=O) groups excluding carboxylic acids is 1. The summed E-state index contributed by atoms with van der Waals surface area (Å²) in [5.41, 5.74) is 4.03. The van der Waals surface area contributed by atoms with Gasteiger partial charge in [-0.05, 0) is 50.3 Å². The molecule has 222 valence electrons. The second-order valence-electron chi connectivity index (χ2n) is 10.9. The first-order valence-electron chi connectivity index (χ1n) is 13.8. The molecule has 2 fully saturated rings. The lowest BCUT2D eigenvalue weighted by molar-refractivity contribution is -0.117. The first-order chi connectivity index (χ1) is 20.0. The second kappa shape index (κ2) is 10.7. The Morgan fingerprint density at radius 2 is 1.95 bits per heavy atom. The standard InChI is InChI=1S/C28H33FN8O4S/c1-16-31-26-22(32-21-9-8-17(18-14-30-35(2)15-18)11-23(21)36(3)42(4,39)40)13-24(34-28(38)19-12-20(19)29)33-27(26)37(16)25-7-5-6-10-41-25/h8-9,11,13-15,19-20,25H,5-7,10,12H2,1-4H3,(H2,32,33,34,38)/t19-,20-,25?/m0/s1. The number of nitrogens with one attached hydrogen (secondary N) is 2. The highest BCUT2D eigenvalue weighted by Gasteiger charge is 2.44. The van der Waals surface area contributed by atoms with Gasteiger partial charge in [0.05, 0.1) is 35.4 Å². The third-order valence-electron chi connectivity index (χ3n) is 7.71.